The van der Waals surface area contributed by atoms with E-state index < -0.39 is 0 Å². The number of amides is 1. The Kier molecular flexibility index (Phi) is 7.29. The van der Waals surface area contributed by atoms with Crippen LogP contribution in [0.4, 0.5) is 5.69 Å². The molecule has 0 saturated heterocycles. The van der Waals surface area contributed by atoms with E-state index in [1.54, 1.807) is 33.5 Å². The second-order valence-corrected chi connectivity index (χ2v) is 6.81. The van der Waals surface area contributed by atoms with Gasteiger partial charge < -0.3 is 24.4 Å². The number of carbonyl (C=O) groups is 1. The molecule has 140 valence electrons. The summed E-state index contributed by atoms with van der Waals surface area (Å²) in [6, 6.07) is 11.5. The first-order valence-corrected chi connectivity index (χ1v) is 8.91. The lowest BCUT2D eigenvalue weighted by atomic mass is 10.2. The van der Waals surface area contributed by atoms with Crippen molar-refractivity contribution in [2.45, 2.75) is 6.54 Å². The van der Waals surface area contributed by atoms with E-state index >= 15 is 0 Å². The van der Waals surface area contributed by atoms with Crippen LogP contribution in [0.5, 0.6) is 17.2 Å². The number of quaternary nitrogens is 1. The van der Waals surface area contributed by atoms with Gasteiger partial charge in [-0.2, -0.15) is 0 Å². The van der Waals surface area contributed by atoms with Crippen LogP contribution >= 0.6 is 15.9 Å². The molecule has 0 aliphatic rings. The third-order valence-electron chi connectivity index (χ3n) is 3.83. The molecule has 2 aromatic carbocycles. The fraction of sp³-hybridized carbons (Fsp3) is 0.316. The van der Waals surface area contributed by atoms with Gasteiger partial charge in [-0.25, -0.2) is 0 Å². The van der Waals surface area contributed by atoms with Crippen molar-refractivity contribution in [3.05, 3.63) is 46.4 Å². The topological polar surface area (TPSA) is 61.2 Å². The summed E-state index contributed by atoms with van der Waals surface area (Å²) in [4.78, 5) is 13.4. The first kappa shape index (κ1) is 20.1. The molecule has 6 nitrogen and oxygen atoms in total. The van der Waals surface area contributed by atoms with Gasteiger partial charge in [0.15, 0.2) is 18.0 Å². The number of carbonyl (C=O) groups excluding carboxylic acids is 1. The fourth-order valence-electron chi connectivity index (χ4n) is 2.65. The first-order chi connectivity index (χ1) is 12.5. The zero-order chi connectivity index (χ0) is 19.1. The minimum absolute atomic E-state index is 0.0890. The van der Waals surface area contributed by atoms with Gasteiger partial charge in [-0.15, -0.1) is 0 Å². The molecule has 0 aliphatic heterocycles. The molecule has 1 unspecified atom stereocenters. The number of rotatable bonds is 8. The second kappa shape index (κ2) is 9.45. The van der Waals surface area contributed by atoms with Crippen molar-refractivity contribution in [3.63, 3.8) is 0 Å². The van der Waals surface area contributed by atoms with E-state index in [4.69, 9.17) is 14.2 Å². The Bertz CT molecular complexity index is 725. The maximum absolute atomic E-state index is 12.4. The Morgan fingerprint density at radius 1 is 1.04 bits per heavy atom. The van der Waals surface area contributed by atoms with Crippen LogP contribution in [-0.4, -0.2) is 40.8 Å². The van der Waals surface area contributed by atoms with Gasteiger partial charge in [0.1, 0.15) is 6.54 Å². The third kappa shape index (κ3) is 5.37. The number of benzene rings is 2. The van der Waals surface area contributed by atoms with Gasteiger partial charge >= 0.3 is 0 Å². The number of hydrogen-bond acceptors (Lipinski definition) is 4. The number of nitrogens with one attached hydrogen (secondary N) is 2. The SMILES string of the molecule is COc1cc(NC(=O)C[NH+](C)Cc2ccc(Br)cc2)cc(OC)c1OC. The fourth-order valence-corrected chi connectivity index (χ4v) is 2.91. The summed E-state index contributed by atoms with van der Waals surface area (Å²) in [5.41, 5.74) is 1.77. The summed E-state index contributed by atoms with van der Waals surface area (Å²) in [5.74, 6) is 1.40. The van der Waals surface area contributed by atoms with Gasteiger partial charge in [0.25, 0.3) is 5.91 Å². The molecular formula is C19H24BrN2O4+. The van der Waals surface area contributed by atoms with Crippen molar-refractivity contribution in [1.82, 2.24) is 0 Å². The number of likely N-dealkylation sites (N-methyl/N-ethyl adjacent to an activating group) is 1. The third-order valence-corrected chi connectivity index (χ3v) is 4.36. The van der Waals surface area contributed by atoms with Crippen LogP contribution in [0.25, 0.3) is 0 Å². The van der Waals surface area contributed by atoms with E-state index in [-0.39, 0.29) is 5.91 Å². The largest absolute Gasteiger partial charge is 0.493 e. The van der Waals surface area contributed by atoms with E-state index in [0.717, 1.165) is 15.9 Å². The van der Waals surface area contributed by atoms with Crippen LogP contribution in [0.15, 0.2) is 40.9 Å². The minimum atomic E-state index is -0.0890. The maximum Gasteiger partial charge on any atom is 0.279 e. The summed E-state index contributed by atoms with van der Waals surface area (Å²) < 4.78 is 16.9. The maximum atomic E-state index is 12.4. The lowest BCUT2D eigenvalue weighted by molar-refractivity contribution is -0.885. The number of hydrogen-bond donors (Lipinski definition) is 2. The molecule has 0 fully saturated rings. The summed E-state index contributed by atoms with van der Waals surface area (Å²) in [6.07, 6.45) is 0. The zero-order valence-electron chi connectivity index (χ0n) is 15.4. The van der Waals surface area contributed by atoms with Gasteiger partial charge in [-0.3, -0.25) is 4.79 Å². The van der Waals surface area contributed by atoms with Crippen LogP contribution in [-0.2, 0) is 11.3 Å². The highest BCUT2D eigenvalue weighted by molar-refractivity contribution is 9.10. The van der Waals surface area contributed by atoms with Crippen molar-refractivity contribution in [1.29, 1.82) is 0 Å². The standard InChI is InChI=1S/C19H23BrN2O4/c1-22(11-13-5-7-14(20)8-6-13)12-18(23)21-15-9-16(24-2)19(26-4)17(10-15)25-3/h5-10H,11-12H2,1-4H3,(H,21,23)/p+1. The van der Waals surface area contributed by atoms with Gasteiger partial charge in [-0.05, 0) is 12.1 Å². The van der Waals surface area contributed by atoms with Crippen molar-refractivity contribution in [2.75, 3.05) is 40.2 Å². The average molecular weight is 424 g/mol. The Labute approximate surface area is 162 Å². The molecule has 0 aromatic heterocycles. The molecule has 2 N–H and O–H groups in total. The Morgan fingerprint density at radius 2 is 1.62 bits per heavy atom. The molecule has 2 aromatic rings. The molecule has 1 amide bonds. The van der Waals surface area contributed by atoms with Gasteiger partial charge in [0.2, 0.25) is 5.75 Å². The summed E-state index contributed by atoms with van der Waals surface area (Å²) in [6.45, 7) is 1.10. The average Bonchev–Trinajstić information content (AvgIpc) is 2.62. The quantitative estimate of drug-likeness (QED) is 0.682. The molecule has 0 heterocycles. The van der Waals surface area contributed by atoms with Crippen molar-refractivity contribution < 1.29 is 23.9 Å². The normalized spacial score (nSPS) is 11.6. The van der Waals surface area contributed by atoms with E-state index in [1.807, 2.05) is 31.3 Å². The van der Waals surface area contributed by atoms with Crippen LogP contribution in [0.1, 0.15) is 5.56 Å². The van der Waals surface area contributed by atoms with Gasteiger partial charge in [0, 0.05) is 27.9 Å². The summed E-state index contributed by atoms with van der Waals surface area (Å²) in [5, 5.41) is 2.89. The monoisotopic (exact) mass is 423 g/mol. The van der Waals surface area contributed by atoms with Crippen molar-refractivity contribution in [2.24, 2.45) is 0 Å². The molecule has 0 radical (unpaired) electrons. The molecule has 0 bridgehead atoms. The van der Waals surface area contributed by atoms with Crippen LogP contribution in [0, 0.1) is 0 Å². The lowest BCUT2D eigenvalue weighted by Crippen LogP contribution is -3.08. The van der Waals surface area contributed by atoms with E-state index in [1.165, 1.54) is 5.56 Å². The van der Waals surface area contributed by atoms with Crippen LogP contribution < -0.4 is 24.4 Å². The Morgan fingerprint density at radius 3 is 2.12 bits per heavy atom. The minimum Gasteiger partial charge on any atom is -0.493 e. The Balaban J connectivity index is 2.01. The number of anilines is 1. The highest BCUT2D eigenvalue weighted by Gasteiger charge is 2.16. The van der Waals surface area contributed by atoms with Crippen molar-refractivity contribution in [3.8, 4) is 17.2 Å². The van der Waals surface area contributed by atoms with Gasteiger partial charge in [-0.1, -0.05) is 28.1 Å². The number of methoxy groups -OCH3 is 3. The summed E-state index contributed by atoms with van der Waals surface area (Å²) >= 11 is 3.42. The van der Waals surface area contributed by atoms with Gasteiger partial charge in [0.05, 0.1) is 28.4 Å². The highest BCUT2D eigenvalue weighted by atomic mass is 79.9. The predicted octanol–water partition coefficient (Wildman–Crippen LogP) is 2.13. The van der Waals surface area contributed by atoms with E-state index in [2.05, 4.69) is 21.2 Å². The molecule has 7 heteroatoms. The molecule has 0 saturated carbocycles. The first-order valence-electron chi connectivity index (χ1n) is 8.12. The molecule has 26 heavy (non-hydrogen) atoms. The molecule has 1 atom stereocenters. The van der Waals surface area contributed by atoms with E-state index in [9.17, 15) is 4.79 Å². The van der Waals surface area contributed by atoms with E-state index in [0.29, 0.717) is 29.5 Å². The summed E-state index contributed by atoms with van der Waals surface area (Å²) in [7, 11) is 6.61. The molecule has 0 aliphatic carbocycles. The highest BCUT2D eigenvalue weighted by Crippen LogP contribution is 2.39. The van der Waals surface area contributed by atoms with Crippen LogP contribution in [0.3, 0.4) is 0 Å². The zero-order valence-corrected chi connectivity index (χ0v) is 17.0. The second-order valence-electron chi connectivity index (χ2n) is 5.90. The van der Waals surface area contributed by atoms with Crippen LogP contribution in [0.2, 0.25) is 0 Å². The number of ether oxygens (including phenoxy) is 3. The smallest absolute Gasteiger partial charge is 0.279 e. The molecule has 0 spiro atoms. The number of halogens is 1. The Hall–Kier alpha value is -2.25. The van der Waals surface area contributed by atoms with Crippen molar-refractivity contribution >= 4 is 27.5 Å². The lowest BCUT2D eigenvalue weighted by Gasteiger charge is -2.16. The predicted molar refractivity (Wildman–Crippen MR) is 104 cm³/mol. The molecule has 2 rings (SSSR count). The molecular weight excluding hydrogens is 400 g/mol.